The summed E-state index contributed by atoms with van der Waals surface area (Å²) >= 11 is 0. The number of amides is 2. The molecule has 0 unspecified atom stereocenters. The third-order valence-electron chi connectivity index (χ3n) is 4.09. The van der Waals surface area contributed by atoms with Gasteiger partial charge in [0, 0.05) is 24.3 Å². The van der Waals surface area contributed by atoms with Crippen LogP contribution in [0, 0.1) is 6.92 Å². The average Bonchev–Trinajstić information content (AvgIpc) is 2.68. The predicted molar refractivity (Wildman–Crippen MR) is 104 cm³/mol. The van der Waals surface area contributed by atoms with Crippen LogP contribution in [-0.4, -0.2) is 42.4 Å². The maximum Gasteiger partial charge on any atom is 0.338 e. The second kappa shape index (κ2) is 9.52. The maximum absolute atomic E-state index is 12.3. The van der Waals surface area contributed by atoms with Crippen molar-refractivity contribution in [3.05, 3.63) is 65.2 Å². The Morgan fingerprint density at radius 3 is 2.00 bits per heavy atom. The van der Waals surface area contributed by atoms with Gasteiger partial charge in [0.25, 0.3) is 11.8 Å². The van der Waals surface area contributed by atoms with Gasteiger partial charge in [0.1, 0.15) is 0 Å². The first-order valence-corrected chi connectivity index (χ1v) is 8.87. The van der Waals surface area contributed by atoms with Crippen molar-refractivity contribution < 1.29 is 19.1 Å². The molecule has 2 aromatic rings. The number of rotatable bonds is 7. The Bertz CT molecular complexity index is 794. The van der Waals surface area contributed by atoms with Gasteiger partial charge in [0.2, 0.25) is 0 Å². The van der Waals surface area contributed by atoms with E-state index in [2.05, 4.69) is 5.32 Å². The number of ether oxygens (including phenoxy) is 1. The van der Waals surface area contributed by atoms with Gasteiger partial charge in [-0.3, -0.25) is 9.59 Å². The Balaban J connectivity index is 1.87. The molecule has 0 aromatic heterocycles. The van der Waals surface area contributed by atoms with Crippen LogP contribution < -0.4 is 5.32 Å². The highest BCUT2D eigenvalue weighted by molar-refractivity contribution is 5.97. The second-order valence-electron chi connectivity index (χ2n) is 6.05. The summed E-state index contributed by atoms with van der Waals surface area (Å²) < 4.78 is 5.01. The van der Waals surface area contributed by atoms with Crippen molar-refractivity contribution in [2.24, 2.45) is 0 Å². The highest BCUT2D eigenvalue weighted by Crippen LogP contribution is 2.12. The fraction of sp³-hybridized carbons (Fsp3) is 0.286. The summed E-state index contributed by atoms with van der Waals surface area (Å²) in [5.41, 5.74) is 2.52. The van der Waals surface area contributed by atoms with Gasteiger partial charge in [-0.05, 0) is 57.2 Å². The van der Waals surface area contributed by atoms with E-state index in [9.17, 15) is 14.4 Å². The fourth-order valence-corrected chi connectivity index (χ4v) is 2.49. The van der Waals surface area contributed by atoms with Crippen molar-refractivity contribution in [3.8, 4) is 0 Å². The zero-order chi connectivity index (χ0) is 19.8. The van der Waals surface area contributed by atoms with Gasteiger partial charge in [-0.25, -0.2) is 4.79 Å². The Morgan fingerprint density at radius 2 is 1.44 bits per heavy atom. The lowest BCUT2D eigenvalue weighted by molar-refractivity contribution is -0.119. The Morgan fingerprint density at radius 1 is 0.889 bits per heavy atom. The molecule has 0 aliphatic rings. The van der Waals surface area contributed by atoms with Crippen LogP contribution in [0.2, 0.25) is 0 Å². The summed E-state index contributed by atoms with van der Waals surface area (Å²) in [6.45, 7) is 6.67. The largest absolute Gasteiger partial charge is 0.452 e. The molecule has 0 atom stereocenters. The van der Waals surface area contributed by atoms with Gasteiger partial charge >= 0.3 is 5.97 Å². The maximum atomic E-state index is 12.3. The van der Waals surface area contributed by atoms with E-state index in [1.54, 1.807) is 53.4 Å². The van der Waals surface area contributed by atoms with E-state index in [0.717, 1.165) is 5.56 Å². The molecule has 6 heteroatoms. The molecule has 6 nitrogen and oxygen atoms in total. The van der Waals surface area contributed by atoms with Crippen LogP contribution in [0.4, 0.5) is 5.69 Å². The van der Waals surface area contributed by atoms with Crippen molar-refractivity contribution in [2.75, 3.05) is 25.0 Å². The summed E-state index contributed by atoms with van der Waals surface area (Å²) in [4.78, 5) is 37.8. The van der Waals surface area contributed by atoms with Crippen molar-refractivity contribution >= 4 is 23.5 Å². The van der Waals surface area contributed by atoms with Gasteiger partial charge in [0.15, 0.2) is 6.61 Å². The minimum Gasteiger partial charge on any atom is -0.452 e. The molecule has 142 valence electrons. The third kappa shape index (κ3) is 5.67. The van der Waals surface area contributed by atoms with E-state index in [1.165, 1.54) is 0 Å². The first kappa shape index (κ1) is 20.2. The normalized spacial score (nSPS) is 10.2. The summed E-state index contributed by atoms with van der Waals surface area (Å²) in [6.07, 6.45) is 0. The monoisotopic (exact) mass is 368 g/mol. The predicted octanol–water partition coefficient (Wildman–Crippen LogP) is 3.27. The number of hydrogen-bond acceptors (Lipinski definition) is 4. The molecular formula is C21H24N2O4. The van der Waals surface area contributed by atoms with Crippen molar-refractivity contribution in [1.82, 2.24) is 4.90 Å². The van der Waals surface area contributed by atoms with Gasteiger partial charge in [0.05, 0.1) is 5.56 Å². The van der Waals surface area contributed by atoms with E-state index in [1.807, 2.05) is 20.8 Å². The zero-order valence-electron chi connectivity index (χ0n) is 15.8. The van der Waals surface area contributed by atoms with Crippen LogP contribution in [0.5, 0.6) is 0 Å². The molecule has 0 bridgehead atoms. The first-order valence-electron chi connectivity index (χ1n) is 8.87. The van der Waals surface area contributed by atoms with Crippen molar-refractivity contribution in [1.29, 1.82) is 0 Å². The molecule has 0 aliphatic heterocycles. The molecule has 2 amide bonds. The number of esters is 1. The van der Waals surface area contributed by atoms with Crippen LogP contribution in [0.1, 0.15) is 40.1 Å². The molecule has 0 aliphatic carbocycles. The van der Waals surface area contributed by atoms with Gasteiger partial charge in [-0.1, -0.05) is 17.7 Å². The van der Waals surface area contributed by atoms with Crippen LogP contribution in [0.3, 0.4) is 0 Å². The molecule has 1 N–H and O–H groups in total. The van der Waals surface area contributed by atoms with Crippen molar-refractivity contribution in [3.63, 3.8) is 0 Å². The van der Waals surface area contributed by atoms with E-state index >= 15 is 0 Å². The van der Waals surface area contributed by atoms with Crippen LogP contribution in [0.15, 0.2) is 48.5 Å². The van der Waals surface area contributed by atoms with E-state index in [0.29, 0.717) is 29.9 Å². The molecule has 0 fully saturated rings. The van der Waals surface area contributed by atoms with Crippen LogP contribution in [0.25, 0.3) is 0 Å². The number of nitrogens with zero attached hydrogens (tertiary/aromatic N) is 1. The minimum atomic E-state index is -0.551. The molecule has 0 heterocycles. The quantitative estimate of drug-likeness (QED) is 0.761. The molecule has 27 heavy (non-hydrogen) atoms. The molecular weight excluding hydrogens is 344 g/mol. The number of carbonyl (C=O) groups excluding carboxylic acids is 3. The Kier molecular flexibility index (Phi) is 7.11. The topological polar surface area (TPSA) is 75.7 Å². The van der Waals surface area contributed by atoms with Crippen LogP contribution >= 0.6 is 0 Å². The lowest BCUT2D eigenvalue weighted by Gasteiger charge is -2.18. The molecule has 2 rings (SSSR count). The molecule has 0 radical (unpaired) electrons. The number of benzene rings is 2. The lowest BCUT2D eigenvalue weighted by Crippen LogP contribution is -2.30. The lowest BCUT2D eigenvalue weighted by atomic mass is 10.1. The second-order valence-corrected chi connectivity index (χ2v) is 6.05. The first-order chi connectivity index (χ1) is 12.9. The summed E-state index contributed by atoms with van der Waals surface area (Å²) in [7, 11) is 0. The van der Waals surface area contributed by atoms with Crippen molar-refractivity contribution in [2.45, 2.75) is 20.8 Å². The zero-order valence-corrected chi connectivity index (χ0v) is 15.8. The minimum absolute atomic E-state index is 0.0510. The molecule has 0 saturated heterocycles. The molecule has 2 aromatic carbocycles. The highest BCUT2D eigenvalue weighted by Gasteiger charge is 2.13. The van der Waals surface area contributed by atoms with Gasteiger partial charge in [-0.15, -0.1) is 0 Å². The van der Waals surface area contributed by atoms with Gasteiger partial charge < -0.3 is 15.0 Å². The average molecular weight is 368 g/mol. The Hall–Kier alpha value is -3.15. The SMILES string of the molecule is CCN(CC)C(=O)c1ccc(NC(=O)COC(=O)c2ccc(C)cc2)cc1. The number of aryl methyl sites for hydroxylation is 1. The summed E-state index contributed by atoms with van der Waals surface area (Å²) in [6, 6.07) is 13.5. The Labute approximate surface area is 159 Å². The smallest absolute Gasteiger partial charge is 0.338 e. The number of carbonyl (C=O) groups is 3. The number of anilines is 1. The fourth-order valence-electron chi connectivity index (χ4n) is 2.49. The highest BCUT2D eigenvalue weighted by atomic mass is 16.5. The molecule has 0 spiro atoms. The molecule has 0 saturated carbocycles. The van der Waals surface area contributed by atoms with E-state index < -0.39 is 11.9 Å². The van der Waals surface area contributed by atoms with Crippen LogP contribution in [-0.2, 0) is 9.53 Å². The van der Waals surface area contributed by atoms with E-state index in [4.69, 9.17) is 4.74 Å². The van der Waals surface area contributed by atoms with E-state index in [-0.39, 0.29) is 12.5 Å². The summed E-state index contributed by atoms with van der Waals surface area (Å²) in [5, 5.41) is 2.64. The van der Waals surface area contributed by atoms with Gasteiger partial charge in [-0.2, -0.15) is 0 Å². The standard InChI is InChI=1S/C21H24N2O4/c1-4-23(5-2)20(25)16-10-12-18(13-11-16)22-19(24)14-27-21(26)17-8-6-15(3)7-9-17/h6-13H,4-5,14H2,1-3H3,(H,22,24). The summed E-state index contributed by atoms with van der Waals surface area (Å²) in [5.74, 6) is -1.05. The number of hydrogen-bond donors (Lipinski definition) is 1. The third-order valence-corrected chi connectivity index (χ3v) is 4.09. The number of nitrogens with one attached hydrogen (secondary N) is 1.